The minimum atomic E-state index is -3.81. The number of pyridine rings is 1. The van der Waals surface area contributed by atoms with Gasteiger partial charge in [0.05, 0.1) is 5.02 Å². The van der Waals surface area contributed by atoms with Gasteiger partial charge in [-0.3, -0.25) is 4.72 Å². The molecule has 21 heavy (non-hydrogen) atoms. The van der Waals surface area contributed by atoms with Crippen molar-refractivity contribution in [2.75, 3.05) is 4.72 Å². The molecule has 0 atom stereocenters. The SMILES string of the molecule is Cc1cc(C)nc(NS(=O)(=O)c2cc(CN)ccc2Cl)c1. The topological polar surface area (TPSA) is 85.1 Å². The van der Waals surface area contributed by atoms with E-state index < -0.39 is 10.0 Å². The van der Waals surface area contributed by atoms with Gasteiger partial charge in [0.25, 0.3) is 10.0 Å². The van der Waals surface area contributed by atoms with Crippen molar-refractivity contribution in [3.05, 3.63) is 52.2 Å². The van der Waals surface area contributed by atoms with E-state index in [4.69, 9.17) is 17.3 Å². The van der Waals surface area contributed by atoms with Gasteiger partial charge >= 0.3 is 0 Å². The van der Waals surface area contributed by atoms with Gasteiger partial charge in [0, 0.05) is 12.2 Å². The molecular formula is C14H16ClN3O2S. The zero-order valence-corrected chi connectivity index (χ0v) is 13.3. The Morgan fingerprint density at radius 3 is 2.57 bits per heavy atom. The Bertz CT molecular complexity index is 756. The number of nitrogens with zero attached hydrogens (tertiary/aromatic N) is 1. The van der Waals surface area contributed by atoms with Gasteiger partial charge in [0.15, 0.2) is 0 Å². The second kappa shape index (κ2) is 6.01. The summed E-state index contributed by atoms with van der Waals surface area (Å²) in [7, 11) is -3.81. The van der Waals surface area contributed by atoms with Gasteiger partial charge in [-0.05, 0) is 49.2 Å². The molecule has 0 saturated heterocycles. The minimum absolute atomic E-state index is 0.00641. The third kappa shape index (κ3) is 3.72. The molecule has 2 rings (SSSR count). The molecule has 0 amide bonds. The van der Waals surface area contributed by atoms with Gasteiger partial charge < -0.3 is 5.73 Å². The van der Waals surface area contributed by atoms with E-state index in [2.05, 4.69) is 9.71 Å². The number of hydrogen-bond donors (Lipinski definition) is 2. The van der Waals surface area contributed by atoms with Crippen LogP contribution in [0.3, 0.4) is 0 Å². The molecule has 112 valence electrons. The summed E-state index contributed by atoms with van der Waals surface area (Å²) in [6, 6.07) is 8.20. The summed E-state index contributed by atoms with van der Waals surface area (Å²) < 4.78 is 27.3. The fraction of sp³-hybridized carbons (Fsp3) is 0.214. The number of rotatable bonds is 4. The first-order valence-electron chi connectivity index (χ1n) is 6.28. The van der Waals surface area contributed by atoms with Crippen LogP contribution < -0.4 is 10.5 Å². The van der Waals surface area contributed by atoms with Crippen LogP contribution in [-0.4, -0.2) is 13.4 Å². The predicted octanol–water partition coefficient (Wildman–Crippen LogP) is 2.61. The van der Waals surface area contributed by atoms with E-state index in [0.717, 1.165) is 11.3 Å². The van der Waals surface area contributed by atoms with Crippen molar-refractivity contribution >= 4 is 27.4 Å². The molecule has 0 bridgehead atoms. The molecule has 0 aliphatic rings. The number of benzene rings is 1. The summed E-state index contributed by atoms with van der Waals surface area (Å²) in [6.45, 7) is 3.91. The smallest absolute Gasteiger partial charge is 0.264 e. The first-order chi connectivity index (χ1) is 9.81. The molecule has 0 radical (unpaired) electrons. The molecule has 1 aromatic carbocycles. The zero-order valence-electron chi connectivity index (χ0n) is 11.7. The van der Waals surface area contributed by atoms with Crippen molar-refractivity contribution in [2.24, 2.45) is 5.73 Å². The maximum Gasteiger partial charge on any atom is 0.264 e. The molecule has 0 saturated carbocycles. The Labute approximate surface area is 129 Å². The van der Waals surface area contributed by atoms with Crippen molar-refractivity contribution in [2.45, 2.75) is 25.3 Å². The average Bonchev–Trinajstić information content (AvgIpc) is 2.37. The Hall–Kier alpha value is -1.63. The maximum absolute atomic E-state index is 12.4. The van der Waals surface area contributed by atoms with Crippen LogP contribution in [0.2, 0.25) is 5.02 Å². The van der Waals surface area contributed by atoms with E-state index in [1.807, 2.05) is 13.0 Å². The number of aromatic nitrogens is 1. The van der Waals surface area contributed by atoms with Crippen LogP contribution in [0.5, 0.6) is 0 Å². The molecule has 0 fully saturated rings. The van der Waals surface area contributed by atoms with Gasteiger partial charge in [-0.1, -0.05) is 17.7 Å². The second-order valence-corrected chi connectivity index (χ2v) is 6.80. The predicted molar refractivity (Wildman–Crippen MR) is 83.9 cm³/mol. The van der Waals surface area contributed by atoms with Crippen molar-refractivity contribution in [1.82, 2.24) is 4.98 Å². The lowest BCUT2D eigenvalue weighted by molar-refractivity contribution is 0.601. The van der Waals surface area contributed by atoms with Crippen LogP contribution in [0, 0.1) is 13.8 Å². The van der Waals surface area contributed by atoms with E-state index in [-0.39, 0.29) is 22.3 Å². The number of sulfonamides is 1. The molecule has 1 heterocycles. The molecule has 2 aromatic rings. The van der Waals surface area contributed by atoms with Gasteiger partial charge in [-0.25, -0.2) is 13.4 Å². The molecule has 0 aliphatic heterocycles. The lowest BCUT2D eigenvalue weighted by atomic mass is 10.2. The van der Waals surface area contributed by atoms with Crippen LogP contribution in [0.15, 0.2) is 35.2 Å². The fourth-order valence-electron chi connectivity index (χ4n) is 1.97. The highest BCUT2D eigenvalue weighted by Gasteiger charge is 2.19. The molecule has 0 aliphatic carbocycles. The summed E-state index contributed by atoms with van der Waals surface area (Å²) in [4.78, 5) is 4.15. The molecular weight excluding hydrogens is 310 g/mol. The third-order valence-electron chi connectivity index (χ3n) is 2.86. The summed E-state index contributed by atoms with van der Waals surface area (Å²) >= 11 is 5.99. The Morgan fingerprint density at radius 2 is 1.95 bits per heavy atom. The standard InChI is InChI=1S/C14H16ClN3O2S/c1-9-5-10(2)17-14(6-9)18-21(19,20)13-7-11(8-16)3-4-12(13)15/h3-7H,8,16H2,1-2H3,(H,17,18). The maximum atomic E-state index is 12.4. The number of nitrogens with two attached hydrogens (primary N) is 1. The summed E-state index contributed by atoms with van der Waals surface area (Å²) in [6.07, 6.45) is 0. The molecule has 5 nitrogen and oxygen atoms in total. The van der Waals surface area contributed by atoms with E-state index in [1.165, 1.54) is 12.1 Å². The van der Waals surface area contributed by atoms with Crippen LogP contribution >= 0.6 is 11.6 Å². The van der Waals surface area contributed by atoms with Gasteiger partial charge in [-0.15, -0.1) is 0 Å². The molecule has 0 spiro atoms. The summed E-state index contributed by atoms with van der Waals surface area (Å²) in [5.74, 6) is 0.265. The highest BCUT2D eigenvalue weighted by Crippen LogP contribution is 2.24. The van der Waals surface area contributed by atoms with Crippen LogP contribution in [0.1, 0.15) is 16.8 Å². The van der Waals surface area contributed by atoms with E-state index in [9.17, 15) is 8.42 Å². The Kier molecular flexibility index (Phi) is 4.51. The number of hydrogen-bond acceptors (Lipinski definition) is 4. The third-order valence-corrected chi connectivity index (χ3v) is 4.69. The zero-order chi connectivity index (χ0) is 15.6. The van der Waals surface area contributed by atoms with Gasteiger partial charge in [0.2, 0.25) is 0 Å². The number of nitrogens with one attached hydrogen (secondary N) is 1. The lowest BCUT2D eigenvalue weighted by Gasteiger charge is -2.11. The molecule has 3 N–H and O–H groups in total. The Morgan fingerprint density at radius 1 is 1.24 bits per heavy atom. The first-order valence-corrected chi connectivity index (χ1v) is 8.14. The second-order valence-electron chi connectivity index (χ2n) is 4.75. The fourth-order valence-corrected chi connectivity index (χ4v) is 3.51. The quantitative estimate of drug-likeness (QED) is 0.904. The van der Waals surface area contributed by atoms with Crippen molar-refractivity contribution in [3.8, 4) is 0 Å². The summed E-state index contributed by atoms with van der Waals surface area (Å²) in [5.41, 5.74) is 7.87. The average molecular weight is 326 g/mol. The molecule has 0 unspecified atom stereocenters. The van der Waals surface area contributed by atoms with Gasteiger partial charge in [-0.2, -0.15) is 0 Å². The van der Waals surface area contributed by atoms with Crippen molar-refractivity contribution < 1.29 is 8.42 Å². The summed E-state index contributed by atoms with van der Waals surface area (Å²) in [5, 5.41) is 0.143. The Balaban J connectivity index is 2.42. The first kappa shape index (κ1) is 15.8. The van der Waals surface area contributed by atoms with E-state index in [1.54, 1.807) is 19.1 Å². The van der Waals surface area contributed by atoms with Crippen LogP contribution in [-0.2, 0) is 16.6 Å². The minimum Gasteiger partial charge on any atom is -0.326 e. The highest BCUT2D eigenvalue weighted by atomic mass is 35.5. The van der Waals surface area contributed by atoms with Crippen LogP contribution in [0.25, 0.3) is 0 Å². The highest BCUT2D eigenvalue weighted by molar-refractivity contribution is 7.92. The van der Waals surface area contributed by atoms with Crippen molar-refractivity contribution in [1.29, 1.82) is 0 Å². The monoisotopic (exact) mass is 325 g/mol. The van der Waals surface area contributed by atoms with Crippen molar-refractivity contribution in [3.63, 3.8) is 0 Å². The van der Waals surface area contributed by atoms with Gasteiger partial charge in [0.1, 0.15) is 10.7 Å². The largest absolute Gasteiger partial charge is 0.326 e. The normalized spacial score (nSPS) is 11.4. The van der Waals surface area contributed by atoms with Crippen LogP contribution in [0.4, 0.5) is 5.82 Å². The van der Waals surface area contributed by atoms with E-state index in [0.29, 0.717) is 5.56 Å². The lowest BCUT2D eigenvalue weighted by Crippen LogP contribution is -2.15. The van der Waals surface area contributed by atoms with E-state index >= 15 is 0 Å². The molecule has 7 heteroatoms. The number of halogens is 1. The number of anilines is 1. The number of aryl methyl sites for hydroxylation is 2. The molecule has 1 aromatic heterocycles.